The third-order valence-corrected chi connectivity index (χ3v) is 4.08. The molecule has 1 aliphatic heterocycles. The van der Waals surface area contributed by atoms with E-state index in [9.17, 15) is 9.59 Å². The molecule has 1 unspecified atom stereocenters. The molecule has 2 amide bonds. The van der Waals surface area contributed by atoms with E-state index in [1.54, 1.807) is 0 Å². The molecule has 1 atom stereocenters. The van der Waals surface area contributed by atoms with Crippen molar-refractivity contribution in [3.63, 3.8) is 0 Å². The highest BCUT2D eigenvalue weighted by Crippen LogP contribution is 2.20. The SMILES string of the molecule is CC(C)(C)OC(=O)N1CCCC1CNCCCC(=O)NC1CC1. The highest BCUT2D eigenvalue weighted by molar-refractivity contribution is 5.76. The van der Waals surface area contributed by atoms with Gasteiger partial charge in [0.05, 0.1) is 0 Å². The van der Waals surface area contributed by atoms with Gasteiger partial charge in [0.2, 0.25) is 5.91 Å². The normalized spacial score (nSPS) is 21.3. The Bertz CT molecular complexity index is 416. The van der Waals surface area contributed by atoms with E-state index < -0.39 is 5.60 Å². The Morgan fingerprint density at radius 2 is 1.96 bits per heavy atom. The number of rotatable bonds is 7. The maximum absolute atomic E-state index is 12.2. The van der Waals surface area contributed by atoms with Crippen LogP contribution in [0, 0.1) is 0 Å². The molecule has 6 nitrogen and oxygen atoms in total. The van der Waals surface area contributed by atoms with Crippen molar-refractivity contribution in [2.75, 3.05) is 19.6 Å². The molecule has 2 N–H and O–H groups in total. The summed E-state index contributed by atoms with van der Waals surface area (Å²) in [6, 6.07) is 0.640. The van der Waals surface area contributed by atoms with Crippen molar-refractivity contribution in [1.29, 1.82) is 0 Å². The molecule has 2 fully saturated rings. The first-order valence-electron chi connectivity index (χ1n) is 8.85. The molecule has 23 heavy (non-hydrogen) atoms. The smallest absolute Gasteiger partial charge is 0.410 e. The highest BCUT2D eigenvalue weighted by Gasteiger charge is 2.31. The molecule has 0 radical (unpaired) electrons. The topological polar surface area (TPSA) is 70.7 Å². The van der Waals surface area contributed by atoms with Crippen LogP contribution < -0.4 is 10.6 Å². The first-order chi connectivity index (χ1) is 10.8. The van der Waals surface area contributed by atoms with Gasteiger partial charge in [0.1, 0.15) is 5.60 Å². The largest absolute Gasteiger partial charge is 0.444 e. The van der Waals surface area contributed by atoms with Gasteiger partial charge in [-0.3, -0.25) is 4.79 Å². The molecular formula is C17H31N3O3. The lowest BCUT2D eigenvalue weighted by atomic mass is 10.2. The molecule has 6 heteroatoms. The fourth-order valence-corrected chi connectivity index (χ4v) is 2.78. The highest BCUT2D eigenvalue weighted by atomic mass is 16.6. The zero-order valence-corrected chi connectivity index (χ0v) is 14.7. The van der Waals surface area contributed by atoms with Crippen LogP contribution in [0.15, 0.2) is 0 Å². The number of hydrogen-bond acceptors (Lipinski definition) is 4. The van der Waals surface area contributed by atoms with E-state index in [2.05, 4.69) is 10.6 Å². The fraction of sp³-hybridized carbons (Fsp3) is 0.882. The minimum Gasteiger partial charge on any atom is -0.444 e. The van der Waals surface area contributed by atoms with Gasteiger partial charge in [0.25, 0.3) is 0 Å². The zero-order chi connectivity index (χ0) is 16.9. The maximum atomic E-state index is 12.2. The molecule has 0 spiro atoms. The van der Waals surface area contributed by atoms with Crippen molar-refractivity contribution < 1.29 is 14.3 Å². The molecule has 1 saturated carbocycles. The van der Waals surface area contributed by atoms with Crippen LogP contribution in [-0.2, 0) is 9.53 Å². The first kappa shape index (κ1) is 18.0. The van der Waals surface area contributed by atoms with Crippen LogP contribution in [0.1, 0.15) is 59.3 Å². The lowest BCUT2D eigenvalue weighted by Crippen LogP contribution is -2.44. The summed E-state index contributed by atoms with van der Waals surface area (Å²) >= 11 is 0. The standard InChI is InChI=1S/C17H31N3O3/c1-17(2,3)23-16(22)20-11-5-6-14(20)12-18-10-4-7-15(21)19-13-8-9-13/h13-14,18H,4-12H2,1-3H3,(H,19,21). The second kappa shape index (κ2) is 7.99. The second-order valence-corrected chi connectivity index (χ2v) is 7.62. The molecule has 1 saturated heterocycles. The molecule has 1 heterocycles. The van der Waals surface area contributed by atoms with Gasteiger partial charge in [0, 0.05) is 31.6 Å². The number of carbonyl (C=O) groups excluding carboxylic acids is 2. The van der Waals surface area contributed by atoms with Crippen LogP contribution in [0.5, 0.6) is 0 Å². The minimum absolute atomic E-state index is 0.158. The minimum atomic E-state index is -0.452. The molecule has 0 aromatic carbocycles. The van der Waals surface area contributed by atoms with Gasteiger partial charge in [-0.05, 0) is 59.4 Å². The second-order valence-electron chi connectivity index (χ2n) is 7.62. The van der Waals surface area contributed by atoms with Crippen molar-refractivity contribution >= 4 is 12.0 Å². The van der Waals surface area contributed by atoms with Gasteiger partial charge < -0.3 is 20.3 Å². The summed E-state index contributed by atoms with van der Waals surface area (Å²) in [5.74, 6) is 0.158. The molecule has 0 aromatic heterocycles. The van der Waals surface area contributed by atoms with E-state index >= 15 is 0 Å². The zero-order valence-electron chi connectivity index (χ0n) is 14.7. The summed E-state index contributed by atoms with van der Waals surface area (Å²) in [4.78, 5) is 25.6. The molecule has 1 aliphatic carbocycles. The molecule has 0 bridgehead atoms. The predicted molar refractivity (Wildman–Crippen MR) is 89.2 cm³/mol. The Kier molecular flexibility index (Phi) is 6.27. The Morgan fingerprint density at radius 1 is 1.22 bits per heavy atom. The first-order valence-corrected chi connectivity index (χ1v) is 8.85. The van der Waals surface area contributed by atoms with Gasteiger partial charge in [0.15, 0.2) is 0 Å². The molecule has 2 aliphatic rings. The maximum Gasteiger partial charge on any atom is 0.410 e. The fourth-order valence-electron chi connectivity index (χ4n) is 2.78. The van der Waals surface area contributed by atoms with Gasteiger partial charge in [-0.15, -0.1) is 0 Å². The predicted octanol–water partition coefficient (Wildman–Crippen LogP) is 2.03. The Balaban J connectivity index is 1.60. The summed E-state index contributed by atoms with van der Waals surface area (Å²) in [7, 11) is 0. The van der Waals surface area contributed by atoms with E-state index in [0.29, 0.717) is 12.5 Å². The number of ether oxygens (including phenoxy) is 1. The van der Waals surface area contributed by atoms with E-state index in [4.69, 9.17) is 4.74 Å². The quantitative estimate of drug-likeness (QED) is 0.703. The third-order valence-electron chi connectivity index (χ3n) is 4.08. The van der Waals surface area contributed by atoms with Gasteiger partial charge >= 0.3 is 6.09 Å². The van der Waals surface area contributed by atoms with Crippen molar-refractivity contribution in [2.24, 2.45) is 0 Å². The number of nitrogens with one attached hydrogen (secondary N) is 2. The molecular weight excluding hydrogens is 294 g/mol. The van der Waals surface area contributed by atoms with Crippen molar-refractivity contribution in [2.45, 2.75) is 77.0 Å². The summed E-state index contributed by atoms with van der Waals surface area (Å²) in [6.45, 7) is 8.01. The summed E-state index contributed by atoms with van der Waals surface area (Å²) in [6.07, 6.45) is 5.48. The number of nitrogens with zero attached hydrogens (tertiary/aromatic N) is 1. The monoisotopic (exact) mass is 325 g/mol. The van der Waals surface area contributed by atoms with E-state index in [0.717, 1.165) is 51.7 Å². The van der Waals surface area contributed by atoms with Crippen LogP contribution in [0.25, 0.3) is 0 Å². The van der Waals surface area contributed by atoms with Gasteiger partial charge in [-0.2, -0.15) is 0 Å². The van der Waals surface area contributed by atoms with Crippen LogP contribution in [0.4, 0.5) is 4.79 Å². The van der Waals surface area contributed by atoms with Crippen LogP contribution in [0.3, 0.4) is 0 Å². The van der Waals surface area contributed by atoms with E-state index in [-0.39, 0.29) is 18.0 Å². The Morgan fingerprint density at radius 3 is 2.61 bits per heavy atom. The Labute approximate surface area is 139 Å². The number of likely N-dealkylation sites (tertiary alicyclic amines) is 1. The van der Waals surface area contributed by atoms with Crippen molar-refractivity contribution in [3.05, 3.63) is 0 Å². The summed E-state index contributed by atoms with van der Waals surface area (Å²) in [5, 5.41) is 6.36. The lowest BCUT2D eigenvalue weighted by molar-refractivity contribution is -0.121. The third kappa shape index (κ3) is 6.77. The van der Waals surface area contributed by atoms with Gasteiger partial charge in [-0.25, -0.2) is 4.79 Å². The van der Waals surface area contributed by atoms with E-state index in [1.165, 1.54) is 0 Å². The molecule has 0 aromatic rings. The average molecular weight is 325 g/mol. The molecule has 132 valence electrons. The summed E-state index contributed by atoms with van der Waals surface area (Å²) < 4.78 is 5.46. The lowest BCUT2D eigenvalue weighted by Gasteiger charge is -2.28. The van der Waals surface area contributed by atoms with Crippen LogP contribution in [0.2, 0.25) is 0 Å². The van der Waals surface area contributed by atoms with Crippen molar-refractivity contribution in [1.82, 2.24) is 15.5 Å². The number of hydrogen-bond donors (Lipinski definition) is 2. The average Bonchev–Trinajstić information content (AvgIpc) is 3.11. The number of amides is 2. The molecule has 2 rings (SSSR count). The van der Waals surface area contributed by atoms with Crippen molar-refractivity contribution in [3.8, 4) is 0 Å². The van der Waals surface area contributed by atoms with Crippen LogP contribution >= 0.6 is 0 Å². The van der Waals surface area contributed by atoms with Crippen LogP contribution in [-0.4, -0.2) is 54.2 Å². The Hall–Kier alpha value is -1.30. The summed E-state index contributed by atoms with van der Waals surface area (Å²) in [5.41, 5.74) is -0.452. The van der Waals surface area contributed by atoms with E-state index in [1.807, 2.05) is 25.7 Å². The van der Waals surface area contributed by atoms with Gasteiger partial charge in [-0.1, -0.05) is 0 Å². The number of carbonyl (C=O) groups is 2.